The molecular weight excluding hydrogens is 233 g/mol. The first-order valence-electron chi connectivity index (χ1n) is 6.40. The van der Waals surface area contributed by atoms with Gasteiger partial charge in [0.15, 0.2) is 17.5 Å². The minimum Gasteiger partial charge on any atom is -0.371 e. The summed E-state index contributed by atoms with van der Waals surface area (Å²) in [5.41, 5.74) is -0.186. The van der Waals surface area contributed by atoms with Gasteiger partial charge in [-0.2, -0.15) is 0 Å². The molecule has 4 nitrogen and oxygen atoms in total. The van der Waals surface area contributed by atoms with Crippen LogP contribution in [0.15, 0.2) is 0 Å². The van der Waals surface area contributed by atoms with E-state index in [9.17, 15) is 4.39 Å². The van der Waals surface area contributed by atoms with E-state index in [0.29, 0.717) is 18.1 Å². The van der Waals surface area contributed by atoms with Crippen LogP contribution in [0.25, 0.3) is 0 Å². The molecule has 0 amide bonds. The van der Waals surface area contributed by atoms with Crippen molar-refractivity contribution in [1.29, 1.82) is 0 Å². The highest BCUT2D eigenvalue weighted by atomic mass is 19.1. The van der Waals surface area contributed by atoms with Gasteiger partial charge < -0.3 is 10.1 Å². The molecule has 0 bridgehead atoms. The van der Waals surface area contributed by atoms with E-state index < -0.39 is 11.4 Å². The van der Waals surface area contributed by atoms with Crippen molar-refractivity contribution in [3.8, 4) is 0 Å². The summed E-state index contributed by atoms with van der Waals surface area (Å²) in [7, 11) is 1.65. The van der Waals surface area contributed by atoms with Crippen LogP contribution in [-0.2, 0) is 10.3 Å². The maximum atomic E-state index is 13.7. The molecule has 0 spiro atoms. The van der Waals surface area contributed by atoms with Gasteiger partial charge in [-0.25, -0.2) is 14.4 Å². The summed E-state index contributed by atoms with van der Waals surface area (Å²) in [4.78, 5) is 8.53. The third kappa shape index (κ3) is 2.61. The smallest absolute Gasteiger partial charge is 0.186 e. The minimum absolute atomic E-state index is 0.225. The maximum Gasteiger partial charge on any atom is 0.186 e. The van der Waals surface area contributed by atoms with Gasteiger partial charge in [-0.3, -0.25) is 0 Å². The molecule has 0 aliphatic rings. The highest BCUT2D eigenvalue weighted by Crippen LogP contribution is 2.32. The lowest BCUT2D eigenvalue weighted by molar-refractivity contribution is -0.0572. The lowest BCUT2D eigenvalue weighted by Crippen LogP contribution is -2.31. The van der Waals surface area contributed by atoms with Gasteiger partial charge in [0, 0.05) is 13.7 Å². The zero-order chi connectivity index (χ0) is 13.8. The van der Waals surface area contributed by atoms with E-state index in [1.165, 1.54) is 0 Å². The fraction of sp³-hybridized carbons (Fsp3) is 0.692. The van der Waals surface area contributed by atoms with E-state index in [1.807, 2.05) is 20.8 Å². The second kappa shape index (κ2) is 6.09. The van der Waals surface area contributed by atoms with Gasteiger partial charge in [-0.05, 0) is 26.7 Å². The molecule has 0 aromatic carbocycles. The van der Waals surface area contributed by atoms with Crippen LogP contribution in [-0.4, -0.2) is 23.6 Å². The Kier molecular flexibility index (Phi) is 5.02. The van der Waals surface area contributed by atoms with Crippen LogP contribution in [0.5, 0.6) is 0 Å². The van der Waals surface area contributed by atoms with Crippen LogP contribution >= 0.6 is 0 Å². The number of rotatable bonds is 6. The topological polar surface area (TPSA) is 47.0 Å². The van der Waals surface area contributed by atoms with Crippen LogP contribution in [0, 0.1) is 12.7 Å². The Labute approximate surface area is 108 Å². The van der Waals surface area contributed by atoms with Gasteiger partial charge in [0.1, 0.15) is 5.60 Å². The van der Waals surface area contributed by atoms with E-state index >= 15 is 0 Å². The number of aryl methyl sites for hydroxylation is 1. The molecule has 0 fully saturated rings. The Bertz CT molecular complexity index is 405. The van der Waals surface area contributed by atoms with E-state index in [1.54, 1.807) is 14.0 Å². The summed E-state index contributed by atoms with van der Waals surface area (Å²) in [6, 6.07) is 0. The number of hydrogen-bond donors (Lipinski definition) is 1. The predicted octanol–water partition coefficient (Wildman–Crippen LogP) is 3.02. The van der Waals surface area contributed by atoms with Gasteiger partial charge in [-0.1, -0.05) is 13.8 Å². The molecule has 5 heteroatoms. The van der Waals surface area contributed by atoms with Crippen molar-refractivity contribution in [2.24, 2.45) is 0 Å². The summed E-state index contributed by atoms with van der Waals surface area (Å²) < 4.78 is 19.6. The number of halogens is 1. The van der Waals surface area contributed by atoms with Gasteiger partial charge >= 0.3 is 0 Å². The molecule has 1 aromatic heterocycles. The maximum absolute atomic E-state index is 13.7. The first-order valence-corrected chi connectivity index (χ1v) is 6.40. The Morgan fingerprint density at radius 2 is 1.83 bits per heavy atom. The molecule has 0 aliphatic heterocycles. The van der Waals surface area contributed by atoms with Crippen LogP contribution in [0.2, 0.25) is 0 Å². The molecule has 0 saturated heterocycles. The molecule has 0 atom stereocenters. The summed E-state index contributed by atoms with van der Waals surface area (Å²) in [5.74, 6) is 0.375. The number of aromatic nitrogens is 2. The van der Waals surface area contributed by atoms with E-state index in [4.69, 9.17) is 4.74 Å². The summed E-state index contributed by atoms with van der Waals surface area (Å²) >= 11 is 0. The quantitative estimate of drug-likeness (QED) is 0.848. The van der Waals surface area contributed by atoms with Crippen molar-refractivity contribution in [3.05, 3.63) is 17.3 Å². The third-order valence-corrected chi connectivity index (χ3v) is 3.22. The van der Waals surface area contributed by atoms with E-state index in [0.717, 1.165) is 12.8 Å². The van der Waals surface area contributed by atoms with Crippen molar-refractivity contribution in [2.45, 2.75) is 46.1 Å². The Hall–Kier alpha value is -1.23. The normalized spacial score (nSPS) is 11.7. The fourth-order valence-corrected chi connectivity index (χ4v) is 2.04. The molecule has 0 aliphatic carbocycles. The zero-order valence-electron chi connectivity index (χ0n) is 11.8. The SMILES string of the molecule is CCOC(CC)(CC)c1nc(C)c(F)c(NC)n1. The zero-order valence-corrected chi connectivity index (χ0v) is 11.8. The second-order valence-electron chi connectivity index (χ2n) is 4.18. The third-order valence-electron chi connectivity index (χ3n) is 3.22. The molecule has 1 heterocycles. The molecule has 18 heavy (non-hydrogen) atoms. The van der Waals surface area contributed by atoms with E-state index in [2.05, 4.69) is 15.3 Å². The number of anilines is 1. The minimum atomic E-state index is -0.529. The van der Waals surface area contributed by atoms with Gasteiger partial charge in [0.2, 0.25) is 0 Å². The molecule has 0 radical (unpaired) electrons. The lowest BCUT2D eigenvalue weighted by atomic mass is 9.95. The summed E-state index contributed by atoms with van der Waals surface area (Å²) in [6.45, 7) is 8.22. The van der Waals surface area contributed by atoms with Crippen molar-refractivity contribution in [3.63, 3.8) is 0 Å². The van der Waals surface area contributed by atoms with Crippen molar-refractivity contribution >= 4 is 5.82 Å². The Morgan fingerprint density at radius 1 is 1.22 bits per heavy atom. The molecule has 0 unspecified atom stereocenters. The predicted molar refractivity (Wildman–Crippen MR) is 70.2 cm³/mol. The molecule has 0 saturated carbocycles. The highest BCUT2D eigenvalue weighted by Gasteiger charge is 2.33. The van der Waals surface area contributed by atoms with Crippen molar-refractivity contribution < 1.29 is 9.13 Å². The first kappa shape index (κ1) is 14.8. The standard InChI is InChI=1S/C13H22FN3O/c1-6-13(7-2,18-8-3)12-16-9(4)10(14)11(15-5)17-12/h6-8H2,1-5H3,(H,15,16,17). The van der Waals surface area contributed by atoms with Gasteiger partial charge in [0.05, 0.1) is 5.69 Å². The number of hydrogen-bond acceptors (Lipinski definition) is 4. The van der Waals surface area contributed by atoms with Crippen molar-refractivity contribution in [1.82, 2.24) is 9.97 Å². The number of nitrogens with zero attached hydrogens (tertiary/aromatic N) is 2. The molecular formula is C13H22FN3O. The van der Waals surface area contributed by atoms with Crippen LogP contribution in [0.4, 0.5) is 10.2 Å². The average molecular weight is 255 g/mol. The Morgan fingerprint density at radius 3 is 2.28 bits per heavy atom. The van der Waals surface area contributed by atoms with Crippen LogP contribution in [0.1, 0.15) is 45.1 Å². The molecule has 1 rings (SSSR count). The molecule has 1 N–H and O–H groups in total. The summed E-state index contributed by atoms with van der Waals surface area (Å²) in [6.07, 6.45) is 1.51. The highest BCUT2D eigenvalue weighted by molar-refractivity contribution is 5.38. The summed E-state index contributed by atoms with van der Waals surface area (Å²) in [5, 5.41) is 2.76. The van der Waals surface area contributed by atoms with Crippen LogP contribution in [0.3, 0.4) is 0 Å². The number of nitrogens with one attached hydrogen (secondary N) is 1. The fourth-order valence-electron chi connectivity index (χ4n) is 2.04. The second-order valence-corrected chi connectivity index (χ2v) is 4.18. The first-order chi connectivity index (χ1) is 8.54. The molecule has 1 aromatic rings. The Balaban J connectivity index is 3.32. The van der Waals surface area contributed by atoms with Crippen molar-refractivity contribution in [2.75, 3.05) is 19.0 Å². The van der Waals surface area contributed by atoms with Crippen LogP contribution < -0.4 is 5.32 Å². The largest absolute Gasteiger partial charge is 0.371 e. The lowest BCUT2D eigenvalue weighted by Gasteiger charge is -2.30. The average Bonchev–Trinajstić information content (AvgIpc) is 2.39. The van der Waals surface area contributed by atoms with Gasteiger partial charge in [0.25, 0.3) is 0 Å². The molecule has 102 valence electrons. The number of ether oxygens (including phenoxy) is 1. The van der Waals surface area contributed by atoms with E-state index in [-0.39, 0.29) is 5.82 Å². The monoisotopic (exact) mass is 255 g/mol. The van der Waals surface area contributed by atoms with Gasteiger partial charge in [-0.15, -0.1) is 0 Å².